The van der Waals surface area contributed by atoms with Crippen molar-refractivity contribution >= 4 is 44.9 Å². The number of para-hydroxylation sites is 1. The standard InChI is InChI=1S/C23H21ClN2O5S/c1-16-10-12-19(13-11-16)32(29,30)26(18-7-5-6-17(24)14-18)15-22(27)25-21-9-4-3-8-20(21)23(28)31-2/h3-14H,15H2,1-2H3,(H,25,27). The third kappa shape index (κ3) is 5.27. The Balaban J connectivity index is 1.96. The summed E-state index contributed by atoms with van der Waals surface area (Å²) in [7, 11) is -2.85. The van der Waals surface area contributed by atoms with E-state index in [0.29, 0.717) is 5.02 Å². The topological polar surface area (TPSA) is 92.8 Å². The van der Waals surface area contributed by atoms with Crippen LogP contribution in [0.2, 0.25) is 5.02 Å². The van der Waals surface area contributed by atoms with Crippen LogP contribution in [0.25, 0.3) is 0 Å². The molecule has 0 aliphatic heterocycles. The molecule has 3 rings (SSSR count). The molecule has 0 bridgehead atoms. The van der Waals surface area contributed by atoms with Crippen LogP contribution in [-0.4, -0.2) is 33.9 Å². The van der Waals surface area contributed by atoms with E-state index in [2.05, 4.69) is 5.32 Å². The smallest absolute Gasteiger partial charge is 0.339 e. The van der Waals surface area contributed by atoms with E-state index in [0.717, 1.165) is 9.87 Å². The van der Waals surface area contributed by atoms with Crippen LogP contribution in [0, 0.1) is 6.92 Å². The molecule has 1 amide bonds. The van der Waals surface area contributed by atoms with Gasteiger partial charge in [-0.3, -0.25) is 9.10 Å². The lowest BCUT2D eigenvalue weighted by Gasteiger charge is -2.24. The fraction of sp³-hybridized carbons (Fsp3) is 0.130. The highest BCUT2D eigenvalue weighted by Crippen LogP contribution is 2.26. The first-order valence-corrected chi connectivity index (χ1v) is 11.4. The Labute approximate surface area is 191 Å². The summed E-state index contributed by atoms with van der Waals surface area (Å²) >= 11 is 6.07. The van der Waals surface area contributed by atoms with Gasteiger partial charge in [0.25, 0.3) is 10.0 Å². The number of nitrogens with zero attached hydrogens (tertiary/aromatic N) is 1. The van der Waals surface area contributed by atoms with Gasteiger partial charge in [0.05, 0.1) is 28.9 Å². The molecule has 0 aliphatic carbocycles. The molecule has 0 spiro atoms. The van der Waals surface area contributed by atoms with E-state index in [1.54, 1.807) is 42.5 Å². The third-order valence-electron chi connectivity index (χ3n) is 4.60. The average molecular weight is 473 g/mol. The van der Waals surface area contributed by atoms with Crippen molar-refractivity contribution < 1.29 is 22.7 Å². The Morgan fingerprint density at radius 3 is 2.34 bits per heavy atom. The first kappa shape index (κ1) is 23.3. The van der Waals surface area contributed by atoms with E-state index in [-0.39, 0.29) is 21.8 Å². The van der Waals surface area contributed by atoms with E-state index in [1.807, 2.05) is 6.92 Å². The van der Waals surface area contributed by atoms with Crippen molar-refractivity contribution in [1.82, 2.24) is 0 Å². The SMILES string of the molecule is COC(=O)c1ccccc1NC(=O)CN(c1cccc(Cl)c1)S(=O)(=O)c1ccc(C)cc1. The highest BCUT2D eigenvalue weighted by Gasteiger charge is 2.28. The van der Waals surface area contributed by atoms with Crippen LogP contribution < -0.4 is 9.62 Å². The first-order chi connectivity index (χ1) is 15.2. The number of ether oxygens (including phenoxy) is 1. The number of carbonyl (C=O) groups excluding carboxylic acids is 2. The van der Waals surface area contributed by atoms with E-state index in [9.17, 15) is 18.0 Å². The lowest BCUT2D eigenvalue weighted by Crippen LogP contribution is -2.38. The molecule has 0 aliphatic rings. The van der Waals surface area contributed by atoms with Crippen LogP contribution in [-0.2, 0) is 19.6 Å². The fourth-order valence-corrected chi connectivity index (χ4v) is 4.58. The van der Waals surface area contributed by atoms with Crippen LogP contribution in [0.3, 0.4) is 0 Å². The number of hydrogen-bond acceptors (Lipinski definition) is 5. The molecule has 0 fully saturated rings. The maximum absolute atomic E-state index is 13.4. The molecular weight excluding hydrogens is 452 g/mol. The van der Waals surface area contributed by atoms with Crippen LogP contribution in [0.4, 0.5) is 11.4 Å². The zero-order chi connectivity index (χ0) is 23.3. The molecule has 7 nitrogen and oxygen atoms in total. The second-order valence-electron chi connectivity index (χ2n) is 6.89. The molecule has 9 heteroatoms. The number of carbonyl (C=O) groups is 2. The van der Waals surface area contributed by atoms with Crippen molar-refractivity contribution in [3.05, 3.63) is 88.9 Å². The van der Waals surface area contributed by atoms with Gasteiger partial charge >= 0.3 is 5.97 Å². The van der Waals surface area contributed by atoms with E-state index < -0.39 is 28.4 Å². The Hall–Kier alpha value is -3.36. The van der Waals surface area contributed by atoms with Gasteiger partial charge in [-0.05, 0) is 49.4 Å². The molecule has 0 saturated heterocycles. The third-order valence-corrected chi connectivity index (χ3v) is 6.62. The number of benzene rings is 3. The Kier molecular flexibility index (Phi) is 7.17. The molecular formula is C23H21ClN2O5S. The number of aryl methyl sites for hydroxylation is 1. The number of rotatable bonds is 7. The molecule has 0 saturated carbocycles. The summed E-state index contributed by atoms with van der Waals surface area (Å²) in [6.45, 7) is 1.31. The summed E-state index contributed by atoms with van der Waals surface area (Å²) in [4.78, 5) is 24.9. The molecule has 166 valence electrons. The Bertz CT molecular complexity index is 1240. The van der Waals surface area contributed by atoms with Crippen LogP contribution in [0.15, 0.2) is 77.7 Å². The largest absolute Gasteiger partial charge is 0.465 e. The van der Waals surface area contributed by atoms with Gasteiger partial charge in [0.15, 0.2) is 0 Å². The van der Waals surface area contributed by atoms with Gasteiger partial charge < -0.3 is 10.1 Å². The Morgan fingerprint density at radius 2 is 1.69 bits per heavy atom. The minimum absolute atomic E-state index is 0.0332. The molecule has 32 heavy (non-hydrogen) atoms. The number of esters is 1. The van der Waals surface area contributed by atoms with Gasteiger partial charge in [-0.1, -0.05) is 47.5 Å². The first-order valence-electron chi connectivity index (χ1n) is 9.54. The molecule has 0 unspecified atom stereocenters. The lowest BCUT2D eigenvalue weighted by molar-refractivity contribution is -0.114. The molecule has 3 aromatic carbocycles. The average Bonchev–Trinajstić information content (AvgIpc) is 2.77. The normalized spacial score (nSPS) is 11.0. The van der Waals surface area contributed by atoms with Crippen LogP contribution in [0.5, 0.6) is 0 Å². The van der Waals surface area contributed by atoms with Gasteiger partial charge in [-0.2, -0.15) is 0 Å². The van der Waals surface area contributed by atoms with Crippen LogP contribution >= 0.6 is 11.6 Å². The second kappa shape index (κ2) is 9.84. The fourth-order valence-electron chi connectivity index (χ4n) is 2.98. The molecule has 0 radical (unpaired) electrons. The second-order valence-corrected chi connectivity index (χ2v) is 9.19. The van der Waals surface area contributed by atoms with Gasteiger partial charge in [0, 0.05) is 5.02 Å². The number of nitrogens with one attached hydrogen (secondary N) is 1. The van der Waals surface area contributed by atoms with Gasteiger partial charge in [0.2, 0.25) is 5.91 Å². The summed E-state index contributed by atoms with van der Waals surface area (Å²) in [6, 6.07) is 18.8. The van der Waals surface area contributed by atoms with Crippen molar-refractivity contribution in [2.45, 2.75) is 11.8 Å². The number of sulfonamides is 1. The lowest BCUT2D eigenvalue weighted by atomic mass is 10.2. The zero-order valence-corrected chi connectivity index (χ0v) is 19.0. The van der Waals surface area contributed by atoms with Gasteiger partial charge in [-0.25, -0.2) is 13.2 Å². The summed E-state index contributed by atoms with van der Waals surface area (Å²) in [5.74, 6) is -1.27. The minimum Gasteiger partial charge on any atom is -0.465 e. The van der Waals surface area contributed by atoms with Gasteiger partial charge in [-0.15, -0.1) is 0 Å². The van der Waals surface area contributed by atoms with Crippen molar-refractivity contribution in [3.8, 4) is 0 Å². The predicted molar refractivity (Wildman–Crippen MR) is 124 cm³/mol. The summed E-state index contributed by atoms with van der Waals surface area (Å²) in [6.07, 6.45) is 0. The number of amides is 1. The van der Waals surface area contributed by atoms with E-state index in [1.165, 1.54) is 37.4 Å². The van der Waals surface area contributed by atoms with Crippen molar-refractivity contribution in [2.75, 3.05) is 23.3 Å². The molecule has 1 N–H and O–H groups in total. The molecule has 0 heterocycles. The quantitative estimate of drug-likeness (QED) is 0.518. The summed E-state index contributed by atoms with van der Waals surface area (Å²) < 4.78 is 32.5. The predicted octanol–water partition coefficient (Wildman–Crippen LogP) is 4.27. The van der Waals surface area contributed by atoms with Gasteiger partial charge in [0.1, 0.15) is 6.54 Å². The zero-order valence-electron chi connectivity index (χ0n) is 17.4. The maximum atomic E-state index is 13.4. The van der Waals surface area contributed by atoms with Crippen molar-refractivity contribution in [1.29, 1.82) is 0 Å². The number of anilines is 2. The summed E-state index contributed by atoms with van der Waals surface area (Å²) in [5, 5.41) is 2.92. The molecule has 3 aromatic rings. The van der Waals surface area contributed by atoms with Crippen molar-refractivity contribution in [2.24, 2.45) is 0 Å². The van der Waals surface area contributed by atoms with E-state index in [4.69, 9.17) is 16.3 Å². The number of methoxy groups -OCH3 is 1. The molecule has 0 aromatic heterocycles. The monoisotopic (exact) mass is 472 g/mol. The maximum Gasteiger partial charge on any atom is 0.339 e. The summed E-state index contributed by atoms with van der Waals surface area (Å²) in [5.41, 5.74) is 1.49. The highest BCUT2D eigenvalue weighted by molar-refractivity contribution is 7.92. The highest BCUT2D eigenvalue weighted by atomic mass is 35.5. The minimum atomic E-state index is -4.08. The number of halogens is 1. The van der Waals surface area contributed by atoms with E-state index >= 15 is 0 Å². The number of hydrogen-bond donors (Lipinski definition) is 1. The molecule has 0 atom stereocenters. The Morgan fingerprint density at radius 1 is 1.00 bits per heavy atom. The van der Waals surface area contributed by atoms with Crippen LogP contribution in [0.1, 0.15) is 15.9 Å². The van der Waals surface area contributed by atoms with Crippen molar-refractivity contribution in [3.63, 3.8) is 0 Å².